The van der Waals surface area contributed by atoms with Crippen molar-refractivity contribution in [1.82, 2.24) is 0 Å². The molecule has 0 fully saturated rings. The SMILES string of the molecule is CC(C)CC1C=Cc2ccccc21.[I][Ti][I]. The van der Waals surface area contributed by atoms with E-state index in [0.29, 0.717) is 17.6 Å². The Hall–Kier alpha value is 1.13. The molecule has 1 aromatic rings. The second kappa shape index (κ2) is 8.27. The van der Waals surface area contributed by atoms with Crippen LogP contribution in [0.1, 0.15) is 37.3 Å². The standard InChI is InChI=1S/C13H16.2HI.Ti/c1-10(2)9-12-8-7-11-5-3-4-6-13(11)12;;;/h3-8,10,12H,9H2,1-2H3;2*1H;/q;;;+2/p-2. The molecular formula is C13H16I2Ti. The summed E-state index contributed by atoms with van der Waals surface area (Å²) < 4.78 is 0. The van der Waals surface area contributed by atoms with Crippen LogP contribution in [0.2, 0.25) is 0 Å². The fourth-order valence-corrected chi connectivity index (χ4v) is 2.04. The molecule has 0 saturated heterocycles. The van der Waals surface area contributed by atoms with Crippen LogP contribution in [0.4, 0.5) is 0 Å². The van der Waals surface area contributed by atoms with Gasteiger partial charge in [0.05, 0.1) is 0 Å². The van der Waals surface area contributed by atoms with E-state index in [-0.39, 0.29) is 0 Å². The molecule has 0 spiro atoms. The van der Waals surface area contributed by atoms with Gasteiger partial charge in [0.2, 0.25) is 0 Å². The summed E-state index contributed by atoms with van der Waals surface area (Å²) in [4.78, 5) is 0. The van der Waals surface area contributed by atoms with E-state index in [9.17, 15) is 0 Å². The average Bonchev–Trinajstić information content (AvgIpc) is 2.63. The third kappa shape index (κ3) is 4.79. The van der Waals surface area contributed by atoms with Crippen molar-refractivity contribution in [2.75, 3.05) is 0 Å². The Labute approximate surface area is 128 Å². The summed E-state index contributed by atoms with van der Waals surface area (Å²) in [6, 6.07) is 8.70. The van der Waals surface area contributed by atoms with Crippen LogP contribution >= 0.6 is 38.4 Å². The molecule has 1 aliphatic carbocycles. The van der Waals surface area contributed by atoms with Crippen molar-refractivity contribution in [2.45, 2.75) is 26.2 Å². The van der Waals surface area contributed by atoms with Crippen LogP contribution in [0.25, 0.3) is 6.08 Å². The molecule has 1 aliphatic rings. The molecule has 0 N–H and O–H groups in total. The fourth-order valence-electron chi connectivity index (χ4n) is 2.04. The summed E-state index contributed by atoms with van der Waals surface area (Å²) >= 11 is 5.24. The van der Waals surface area contributed by atoms with Gasteiger partial charge >= 0.3 is 50.0 Å². The molecule has 0 nitrogen and oxygen atoms in total. The molecule has 1 unspecified atom stereocenters. The third-order valence-electron chi connectivity index (χ3n) is 2.63. The number of benzene rings is 1. The van der Waals surface area contributed by atoms with Crippen LogP contribution < -0.4 is 0 Å². The molecule has 0 bridgehead atoms. The maximum absolute atomic E-state index is 2.40. The second-order valence-corrected chi connectivity index (χ2v) is 17.5. The Bertz CT molecular complexity index is 348. The predicted octanol–water partition coefficient (Wildman–Crippen LogP) is 5.61. The molecule has 1 atom stereocenters. The van der Waals surface area contributed by atoms with Gasteiger partial charge in [0.1, 0.15) is 0 Å². The summed E-state index contributed by atoms with van der Waals surface area (Å²) in [7, 11) is 0. The summed E-state index contributed by atoms with van der Waals surface area (Å²) in [6.45, 7) is 4.57. The maximum atomic E-state index is 2.40. The Morgan fingerprint density at radius 2 is 1.88 bits per heavy atom. The van der Waals surface area contributed by atoms with Gasteiger partial charge in [-0.25, -0.2) is 0 Å². The van der Waals surface area contributed by atoms with Crippen molar-refractivity contribution in [3.8, 4) is 0 Å². The molecule has 86 valence electrons. The fraction of sp³-hybridized carbons (Fsp3) is 0.385. The number of halogens is 2. The van der Waals surface area contributed by atoms with Crippen molar-refractivity contribution >= 4 is 44.5 Å². The first-order valence-electron chi connectivity index (χ1n) is 5.42. The van der Waals surface area contributed by atoms with Gasteiger partial charge in [-0.05, 0) is 23.5 Å². The molecule has 16 heavy (non-hydrogen) atoms. The summed E-state index contributed by atoms with van der Waals surface area (Å²) in [5.41, 5.74) is 2.92. The summed E-state index contributed by atoms with van der Waals surface area (Å²) in [5.74, 6) is 1.44. The van der Waals surface area contributed by atoms with Crippen molar-refractivity contribution in [2.24, 2.45) is 5.92 Å². The van der Waals surface area contributed by atoms with E-state index in [4.69, 9.17) is 0 Å². The summed E-state index contributed by atoms with van der Waals surface area (Å²) in [6.07, 6.45) is 5.86. The molecular weight excluding hydrogens is 458 g/mol. The summed E-state index contributed by atoms with van der Waals surface area (Å²) in [5, 5.41) is 0. The van der Waals surface area contributed by atoms with Gasteiger partial charge in [-0.1, -0.05) is 50.3 Å². The van der Waals surface area contributed by atoms with Crippen molar-refractivity contribution in [1.29, 1.82) is 0 Å². The van der Waals surface area contributed by atoms with Crippen LogP contribution in [-0.4, -0.2) is 0 Å². The van der Waals surface area contributed by atoms with Gasteiger partial charge in [-0.15, -0.1) is 0 Å². The van der Waals surface area contributed by atoms with E-state index < -0.39 is 0 Å². The quantitative estimate of drug-likeness (QED) is 0.387. The van der Waals surface area contributed by atoms with Crippen LogP contribution in [0.5, 0.6) is 0 Å². The van der Waals surface area contributed by atoms with E-state index in [2.05, 4.69) is 88.6 Å². The van der Waals surface area contributed by atoms with Gasteiger partial charge in [-0.2, -0.15) is 0 Å². The number of allylic oxidation sites excluding steroid dienone is 1. The van der Waals surface area contributed by atoms with Gasteiger partial charge < -0.3 is 0 Å². The molecule has 0 radical (unpaired) electrons. The van der Waals surface area contributed by atoms with E-state index in [1.807, 2.05) is 0 Å². The normalized spacial score (nSPS) is 16.7. The van der Waals surface area contributed by atoms with Gasteiger partial charge in [-0.3, -0.25) is 0 Å². The molecule has 0 aliphatic heterocycles. The van der Waals surface area contributed by atoms with E-state index >= 15 is 0 Å². The number of hydrogen-bond donors (Lipinski definition) is 0. The second-order valence-electron chi connectivity index (χ2n) is 4.30. The number of fused-ring (bicyclic) bond motifs is 1. The first-order chi connectivity index (χ1) is 7.69. The van der Waals surface area contributed by atoms with Crippen molar-refractivity contribution in [3.05, 3.63) is 41.5 Å². The zero-order valence-electron chi connectivity index (χ0n) is 9.58. The predicted molar refractivity (Wildman–Crippen MR) is 85.7 cm³/mol. The zero-order chi connectivity index (χ0) is 12.0. The minimum absolute atomic E-state index is 0.440. The van der Waals surface area contributed by atoms with Gasteiger partial charge in [0.25, 0.3) is 0 Å². The molecule has 3 heteroatoms. The Kier molecular flexibility index (Phi) is 7.86. The molecule has 2 rings (SSSR count). The molecule has 0 amide bonds. The van der Waals surface area contributed by atoms with Crippen LogP contribution in [-0.2, 0) is 11.7 Å². The Balaban J connectivity index is 0.000000386. The van der Waals surface area contributed by atoms with E-state index in [0.717, 1.165) is 5.92 Å². The number of hydrogen-bond acceptors (Lipinski definition) is 0. The monoisotopic (exact) mass is 474 g/mol. The van der Waals surface area contributed by atoms with Crippen LogP contribution in [0.15, 0.2) is 30.3 Å². The van der Waals surface area contributed by atoms with Crippen molar-refractivity contribution in [3.63, 3.8) is 0 Å². The molecule has 1 aromatic carbocycles. The molecule has 0 saturated carbocycles. The Morgan fingerprint density at radius 3 is 2.50 bits per heavy atom. The van der Waals surface area contributed by atoms with Crippen LogP contribution in [0, 0.1) is 5.92 Å². The molecule has 0 heterocycles. The van der Waals surface area contributed by atoms with Gasteiger partial charge in [0, 0.05) is 5.92 Å². The van der Waals surface area contributed by atoms with E-state index in [1.165, 1.54) is 17.5 Å². The van der Waals surface area contributed by atoms with E-state index in [1.54, 1.807) is 0 Å². The third-order valence-corrected chi connectivity index (χ3v) is 2.63. The zero-order valence-corrected chi connectivity index (χ0v) is 15.5. The van der Waals surface area contributed by atoms with Crippen LogP contribution in [0.3, 0.4) is 0 Å². The van der Waals surface area contributed by atoms with Crippen molar-refractivity contribution < 1.29 is 11.7 Å². The van der Waals surface area contributed by atoms with Gasteiger partial charge in [0.15, 0.2) is 0 Å². The number of rotatable bonds is 2. The Morgan fingerprint density at radius 1 is 1.25 bits per heavy atom. The minimum atomic E-state index is 0.440. The first-order valence-corrected chi connectivity index (χ1v) is 15.5. The molecule has 0 aromatic heterocycles. The first kappa shape index (κ1) is 15.2. The average molecular weight is 474 g/mol. The topological polar surface area (TPSA) is 0 Å².